The van der Waals surface area contributed by atoms with E-state index in [1.165, 1.54) is 32.1 Å². The van der Waals surface area contributed by atoms with Crippen molar-refractivity contribution in [2.24, 2.45) is 11.8 Å². The monoisotopic (exact) mass is 180 g/mol. The summed E-state index contributed by atoms with van der Waals surface area (Å²) in [6.45, 7) is 5.41. The van der Waals surface area contributed by atoms with E-state index in [1.807, 2.05) is 4.90 Å². The van der Waals surface area contributed by atoms with Crippen molar-refractivity contribution in [3.63, 3.8) is 0 Å². The number of fused-ring (bicyclic) bond motifs is 1. The number of carbonyl (C=O) groups excluding carboxylic acids is 1. The Labute approximate surface area is 80.3 Å². The molecule has 0 spiro atoms. The molecule has 2 rings (SSSR count). The van der Waals surface area contributed by atoms with Crippen LogP contribution in [-0.2, 0) is 4.79 Å². The Kier molecular flexibility index (Phi) is 2.56. The molecule has 2 nitrogen and oxygen atoms in total. The Morgan fingerprint density at radius 2 is 1.85 bits per heavy atom. The first kappa shape index (κ1) is 9.04. The van der Waals surface area contributed by atoms with Crippen LogP contribution in [0.3, 0.4) is 0 Å². The molecule has 0 aromatic heterocycles. The van der Waals surface area contributed by atoms with Gasteiger partial charge in [0, 0.05) is 20.0 Å². The fourth-order valence-corrected chi connectivity index (χ4v) is 2.83. The summed E-state index contributed by atoms with van der Waals surface area (Å²) in [5.74, 6) is 1.71. The highest BCUT2D eigenvalue weighted by Crippen LogP contribution is 2.35. The topological polar surface area (TPSA) is 20.3 Å². The van der Waals surface area contributed by atoms with Gasteiger partial charge in [0.1, 0.15) is 0 Å². The molecule has 1 saturated heterocycles. The molecule has 0 aromatic rings. The third-order valence-corrected chi connectivity index (χ3v) is 3.64. The number of amides is 1. The van der Waals surface area contributed by atoms with Crippen molar-refractivity contribution < 1.29 is 4.79 Å². The highest BCUT2D eigenvalue weighted by Gasteiger charge is 2.31. The van der Waals surface area contributed by atoms with Crippen molar-refractivity contribution in [1.82, 2.24) is 4.90 Å². The summed E-state index contributed by atoms with van der Waals surface area (Å²) in [7, 11) is 0. The van der Waals surface area contributed by atoms with Crippen molar-refractivity contribution >= 4 is 5.91 Å². The van der Waals surface area contributed by atoms with E-state index in [0.717, 1.165) is 24.9 Å². The SMILES string of the molecule is [CH2]C(=O)N1CCC2CCCCC2C1. The van der Waals surface area contributed by atoms with Gasteiger partial charge in [-0.15, -0.1) is 0 Å². The van der Waals surface area contributed by atoms with Crippen LogP contribution in [-0.4, -0.2) is 23.9 Å². The standard InChI is InChI=1S/C11H18NO/c1-9(13)12-7-6-10-4-2-3-5-11(10)8-12/h10-11H,1-8H2. The van der Waals surface area contributed by atoms with E-state index in [4.69, 9.17) is 0 Å². The number of carbonyl (C=O) groups is 1. The van der Waals surface area contributed by atoms with Crippen molar-refractivity contribution in [3.05, 3.63) is 6.92 Å². The molecule has 2 atom stereocenters. The highest BCUT2D eigenvalue weighted by atomic mass is 16.2. The summed E-state index contributed by atoms with van der Waals surface area (Å²) in [4.78, 5) is 13.0. The van der Waals surface area contributed by atoms with Crippen LogP contribution in [0.15, 0.2) is 0 Å². The number of rotatable bonds is 0. The van der Waals surface area contributed by atoms with E-state index in [9.17, 15) is 4.79 Å². The van der Waals surface area contributed by atoms with E-state index < -0.39 is 0 Å². The van der Waals surface area contributed by atoms with E-state index in [-0.39, 0.29) is 5.91 Å². The molecule has 2 fully saturated rings. The molecule has 1 aliphatic carbocycles. The Morgan fingerprint density at radius 1 is 1.15 bits per heavy atom. The molecule has 1 heterocycles. The van der Waals surface area contributed by atoms with E-state index in [2.05, 4.69) is 6.92 Å². The largest absolute Gasteiger partial charge is 0.342 e. The van der Waals surface area contributed by atoms with Gasteiger partial charge in [-0.1, -0.05) is 19.3 Å². The normalized spacial score (nSPS) is 34.1. The third-order valence-electron chi connectivity index (χ3n) is 3.64. The van der Waals surface area contributed by atoms with Crippen molar-refractivity contribution in [3.8, 4) is 0 Å². The summed E-state index contributed by atoms with van der Waals surface area (Å²) in [5, 5.41) is 0. The molecule has 2 unspecified atom stereocenters. The summed E-state index contributed by atoms with van der Waals surface area (Å²) in [5.41, 5.74) is 0. The van der Waals surface area contributed by atoms with E-state index in [1.54, 1.807) is 0 Å². The molecule has 1 amide bonds. The second-order valence-corrected chi connectivity index (χ2v) is 4.43. The number of piperidine rings is 1. The summed E-state index contributed by atoms with van der Waals surface area (Å²) in [6, 6.07) is 0. The molecule has 1 radical (unpaired) electrons. The fraction of sp³-hybridized carbons (Fsp3) is 0.818. The van der Waals surface area contributed by atoms with Gasteiger partial charge >= 0.3 is 0 Å². The summed E-state index contributed by atoms with van der Waals surface area (Å²) < 4.78 is 0. The minimum absolute atomic E-state index is 0.0176. The first-order valence-corrected chi connectivity index (χ1v) is 5.38. The Balaban J connectivity index is 1.95. The Hall–Kier alpha value is -0.530. The van der Waals surface area contributed by atoms with Crippen molar-refractivity contribution in [2.75, 3.05) is 13.1 Å². The number of likely N-dealkylation sites (tertiary alicyclic amines) is 1. The molecule has 1 aliphatic heterocycles. The van der Waals surface area contributed by atoms with Gasteiger partial charge in [-0.05, 0) is 24.7 Å². The molecular formula is C11H18NO. The van der Waals surface area contributed by atoms with Crippen LogP contribution >= 0.6 is 0 Å². The molecule has 2 heteroatoms. The molecule has 1 saturated carbocycles. The van der Waals surface area contributed by atoms with Crippen LogP contribution in [0.5, 0.6) is 0 Å². The van der Waals surface area contributed by atoms with Crippen LogP contribution in [0.25, 0.3) is 0 Å². The first-order chi connectivity index (χ1) is 6.27. The van der Waals surface area contributed by atoms with E-state index >= 15 is 0 Å². The second-order valence-electron chi connectivity index (χ2n) is 4.43. The Morgan fingerprint density at radius 3 is 2.54 bits per heavy atom. The number of nitrogens with zero attached hydrogens (tertiary/aromatic N) is 1. The zero-order chi connectivity index (χ0) is 9.26. The van der Waals surface area contributed by atoms with Gasteiger partial charge in [-0.3, -0.25) is 4.79 Å². The molecule has 0 aromatic carbocycles. The average molecular weight is 180 g/mol. The van der Waals surface area contributed by atoms with E-state index in [0.29, 0.717) is 0 Å². The lowest BCUT2D eigenvalue weighted by molar-refractivity contribution is -0.129. The van der Waals surface area contributed by atoms with Crippen LogP contribution in [0.1, 0.15) is 32.1 Å². The van der Waals surface area contributed by atoms with Gasteiger partial charge in [0.2, 0.25) is 5.91 Å². The zero-order valence-corrected chi connectivity index (χ0v) is 8.17. The molecule has 0 N–H and O–H groups in total. The number of hydrogen-bond acceptors (Lipinski definition) is 1. The summed E-state index contributed by atoms with van der Waals surface area (Å²) >= 11 is 0. The Bertz CT molecular complexity index is 202. The van der Waals surface area contributed by atoms with Crippen LogP contribution in [0.4, 0.5) is 0 Å². The predicted octanol–water partition coefficient (Wildman–Crippen LogP) is 1.86. The van der Waals surface area contributed by atoms with Gasteiger partial charge in [0.05, 0.1) is 0 Å². The van der Waals surface area contributed by atoms with Crippen LogP contribution < -0.4 is 0 Å². The molecule has 13 heavy (non-hydrogen) atoms. The minimum atomic E-state index is 0.0176. The molecular weight excluding hydrogens is 162 g/mol. The molecule has 2 aliphatic rings. The lowest BCUT2D eigenvalue weighted by Crippen LogP contribution is -2.43. The van der Waals surface area contributed by atoms with Gasteiger partial charge in [-0.2, -0.15) is 0 Å². The maximum absolute atomic E-state index is 11.1. The fourth-order valence-electron chi connectivity index (χ4n) is 2.83. The lowest BCUT2D eigenvalue weighted by Gasteiger charge is -2.40. The smallest absolute Gasteiger partial charge is 0.223 e. The minimum Gasteiger partial charge on any atom is -0.342 e. The third kappa shape index (κ3) is 1.87. The van der Waals surface area contributed by atoms with Gasteiger partial charge < -0.3 is 4.90 Å². The average Bonchev–Trinajstić information content (AvgIpc) is 2.17. The lowest BCUT2D eigenvalue weighted by atomic mass is 9.75. The zero-order valence-electron chi connectivity index (χ0n) is 8.17. The maximum Gasteiger partial charge on any atom is 0.223 e. The van der Waals surface area contributed by atoms with Gasteiger partial charge in [-0.25, -0.2) is 0 Å². The van der Waals surface area contributed by atoms with Crippen molar-refractivity contribution in [1.29, 1.82) is 0 Å². The van der Waals surface area contributed by atoms with Gasteiger partial charge in [0.25, 0.3) is 0 Å². The van der Waals surface area contributed by atoms with Gasteiger partial charge in [0.15, 0.2) is 0 Å². The second kappa shape index (κ2) is 3.69. The first-order valence-electron chi connectivity index (χ1n) is 5.38. The molecule has 73 valence electrons. The van der Waals surface area contributed by atoms with Crippen molar-refractivity contribution in [2.45, 2.75) is 32.1 Å². The van der Waals surface area contributed by atoms with Crippen LogP contribution in [0.2, 0.25) is 0 Å². The molecule has 0 bridgehead atoms. The highest BCUT2D eigenvalue weighted by molar-refractivity contribution is 5.80. The number of hydrogen-bond donors (Lipinski definition) is 0. The predicted molar refractivity (Wildman–Crippen MR) is 52.0 cm³/mol. The summed E-state index contributed by atoms with van der Waals surface area (Å²) in [6.07, 6.45) is 6.70. The van der Waals surface area contributed by atoms with Crippen LogP contribution in [0, 0.1) is 18.8 Å². The quantitative estimate of drug-likeness (QED) is 0.557. The maximum atomic E-state index is 11.1.